The van der Waals surface area contributed by atoms with Gasteiger partial charge in [0.05, 0.1) is 12.2 Å². The molecule has 4 rings (SSSR count). The number of aliphatic hydroxyl groups is 1. The second-order valence-electron chi connectivity index (χ2n) is 8.88. The third-order valence-electron chi connectivity index (χ3n) is 5.68. The van der Waals surface area contributed by atoms with Gasteiger partial charge in [-0.3, -0.25) is 0 Å². The van der Waals surface area contributed by atoms with Crippen molar-refractivity contribution in [3.05, 3.63) is 0 Å². The van der Waals surface area contributed by atoms with E-state index < -0.39 is 48.6 Å². The summed E-state index contributed by atoms with van der Waals surface area (Å²) in [6.07, 6.45) is -5.53. The summed E-state index contributed by atoms with van der Waals surface area (Å²) in [5.41, 5.74) is 0. The second kappa shape index (κ2) is 7.11. The van der Waals surface area contributed by atoms with Crippen molar-refractivity contribution < 1.29 is 43.0 Å². The molecule has 4 fully saturated rings. The van der Waals surface area contributed by atoms with Crippen molar-refractivity contribution >= 4 is 0 Å². The Morgan fingerprint density at radius 3 is 1.75 bits per heavy atom. The van der Waals surface area contributed by atoms with Crippen LogP contribution < -0.4 is 0 Å². The molecule has 10 atom stereocenters. The van der Waals surface area contributed by atoms with Gasteiger partial charge in [-0.2, -0.15) is 0 Å². The Hall–Kier alpha value is -0.360. The third-order valence-corrected chi connectivity index (χ3v) is 5.68. The molecule has 1 N–H and O–H groups in total. The van der Waals surface area contributed by atoms with Crippen LogP contribution in [0.15, 0.2) is 0 Å². The standard InChI is InChI=1S/C19H32O9/c1-8-11-13(27-18(3,4)25-11)10(20)16(22-8)24-15-14-12(26-19(5,6)28-14)9(2)23-17(15)21-7/h8-17,20H,1-7H3/t8-,9-,10+,11+,12+,13-,14+,15+,16-,17+/m1/s1. The molecular formula is C19H32O9. The van der Waals surface area contributed by atoms with Crippen LogP contribution >= 0.6 is 0 Å². The minimum absolute atomic E-state index is 0.232. The fourth-order valence-corrected chi connectivity index (χ4v) is 4.52. The van der Waals surface area contributed by atoms with E-state index in [1.807, 2.05) is 41.5 Å². The smallest absolute Gasteiger partial charge is 0.187 e. The van der Waals surface area contributed by atoms with E-state index in [2.05, 4.69) is 0 Å². The third kappa shape index (κ3) is 3.61. The monoisotopic (exact) mass is 404 g/mol. The van der Waals surface area contributed by atoms with Crippen LogP contribution in [-0.2, 0) is 37.9 Å². The van der Waals surface area contributed by atoms with Crippen molar-refractivity contribution in [2.45, 2.75) is 115 Å². The lowest BCUT2D eigenvalue weighted by Gasteiger charge is -2.44. The predicted octanol–water partition coefficient (Wildman–Crippen LogP) is 0.909. The number of fused-ring (bicyclic) bond motifs is 2. The van der Waals surface area contributed by atoms with Crippen LogP contribution in [0, 0.1) is 0 Å². The van der Waals surface area contributed by atoms with Gasteiger partial charge in [-0.25, -0.2) is 0 Å². The quantitative estimate of drug-likeness (QED) is 0.736. The molecule has 0 aromatic carbocycles. The van der Waals surface area contributed by atoms with Crippen molar-refractivity contribution in [1.82, 2.24) is 0 Å². The molecule has 0 saturated carbocycles. The van der Waals surface area contributed by atoms with Crippen LogP contribution in [0.4, 0.5) is 0 Å². The zero-order valence-corrected chi connectivity index (χ0v) is 17.5. The Morgan fingerprint density at radius 2 is 1.18 bits per heavy atom. The van der Waals surface area contributed by atoms with Crippen molar-refractivity contribution in [1.29, 1.82) is 0 Å². The molecule has 0 bridgehead atoms. The predicted molar refractivity (Wildman–Crippen MR) is 94.2 cm³/mol. The Morgan fingerprint density at radius 1 is 0.714 bits per heavy atom. The Balaban J connectivity index is 1.53. The maximum Gasteiger partial charge on any atom is 0.187 e. The molecule has 162 valence electrons. The lowest BCUT2D eigenvalue weighted by molar-refractivity contribution is -0.344. The highest BCUT2D eigenvalue weighted by atomic mass is 16.8. The molecule has 0 spiro atoms. The highest BCUT2D eigenvalue weighted by Crippen LogP contribution is 2.42. The first kappa shape index (κ1) is 20.9. The summed E-state index contributed by atoms with van der Waals surface area (Å²) in [6.45, 7) is 11.1. The highest BCUT2D eigenvalue weighted by molar-refractivity contribution is 4.99. The number of aliphatic hydroxyl groups excluding tert-OH is 1. The molecule has 0 aromatic heterocycles. The molecule has 4 saturated heterocycles. The Kier molecular flexibility index (Phi) is 5.30. The van der Waals surface area contributed by atoms with Crippen LogP contribution in [-0.4, -0.2) is 85.2 Å². The molecule has 4 heterocycles. The minimum Gasteiger partial charge on any atom is -0.385 e. The first-order valence-electron chi connectivity index (χ1n) is 9.90. The van der Waals surface area contributed by atoms with Gasteiger partial charge in [0, 0.05) is 7.11 Å². The van der Waals surface area contributed by atoms with Gasteiger partial charge < -0.3 is 43.0 Å². The van der Waals surface area contributed by atoms with Gasteiger partial charge in [0.1, 0.15) is 36.6 Å². The molecule has 9 nitrogen and oxygen atoms in total. The fourth-order valence-electron chi connectivity index (χ4n) is 4.52. The molecule has 0 aromatic rings. The Bertz CT molecular complexity index is 582. The summed E-state index contributed by atoms with van der Waals surface area (Å²) < 4.78 is 47.4. The molecule has 9 heteroatoms. The zero-order chi connectivity index (χ0) is 20.4. The molecular weight excluding hydrogens is 372 g/mol. The fraction of sp³-hybridized carbons (Fsp3) is 1.00. The maximum absolute atomic E-state index is 10.9. The summed E-state index contributed by atoms with van der Waals surface area (Å²) in [5.74, 6) is -1.56. The summed E-state index contributed by atoms with van der Waals surface area (Å²) in [4.78, 5) is 0. The van der Waals surface area contributed by atoms with Gasteiger partial charge in [0.15, 0.2) is 24.2 Å². The van der Waals surface area contributed by atoms with E-state index in [-0.39, 0.29) is 24.4 Å². The van der Waals surface area contributed by atoms with Gasteiger partial charge in [-0.1, -0.05) is 0 Å². The van der Waals surface area contributed by atoms with Gasteiger partial charge in [0.2, 0.25) is 0 Å². The number of hydrogen-bond acceptors (Lipinski definition) is 9. The van der Waals surface area contributed by atoms with E-state index >= 15 is 0 Å². The summed E-state index contributed by atoms with van der Waals surface area (Å²) in [5, 5.41) is 10.9. The largest absolute Gasteiger partial charge is 0.385 e. The Labute approximate surface area is 165 Å². The van der Waals surface area contributed by atoms with Crippen molar-refractivity contribution in [2.24, 2.45) is 0 Å². The van der Waals surface area contributed by atoms with E-state index in [0.717, 1.165) is 0 Å². The first-order valence-corrected chi connectivity index (χ1v) is 9.90. The van der Waals surface area contributed by atoms with E-state index in [0.29, 0.717) is 0 Å². The van der Waals surface area contributed by atoms with Crippen LogP contribution in [0.1, 0.15) is 41.5 Å². The van der Waals surface area contributed by atoms with Gasteiger partial charge in [-0.15, -0.1) is 0 Å². The van der Waals surface area contributed by atoms with Crippen LogP contribution in [0.5, 0.6) is 0 Å². The van der Waals surface area contributed by atoms with Crippen LogP contribution in [0.25, 0.3) is 0 Å². The maximum atomic E-state index is 10.9. The molecule has 0 amide bonds. The van der Waals surface area contributed by atoms with E-state index in [1.54, 1.807) is 7.11 Å². The van der Waals surface area contributed by atoms with Crippen molar-refractivity contribution in [3.63, 3.8) is 0 Å². The molecule has 4 aliphatic heterocycles. The summed E-state index contributed by atoms with van der Waals surface area (Å²) >= 11 is 0. The van der Waals surface area contributed by atoms with E-state index in [9.17, 15) is 5.11 Å². The number of hydrogen-bond donors (Lipinski definition) is 1. The number of methoxy groups -OCH3 is 1. The van der Waals surface area contributed by atoms with Gasteiger partial charge >= 0.3 is 0 Å². The molecule has 4 aliphatic rings. The van der Waals surface area contributed by atoms with Crippen molar-refractivity contribution in [2.75, 3.05) is 7.11 Å². The first-order chi connectivity index (χ1) is 13.0. The van der Waals surface area contributed by atoms with E-state index in [4.69, 9.17) is 37.9 Å². The molecule has 0 aliphatic carbocycles. The van der Waals surface area contributed by atoms with Gasteiger partial charge in [-0.05, 0) is 41.5 Å². The summed E-state index contributed by atoms with van der Waals surface area (Å²) in [6, 6.07) is 0. The second-order valence-corrected chi connectivity index (χ2v) is 8.88. The van der Waals surface area contributed by atoms with E-state index in [1.165, 1.54) is 0 Å². The van der Waals surface area contributed by atoms with Crippen LogP contribution in [0.2, 0.25) is 0 Å². The van der Waals surface area contributed by atoms with Gasteiger partial charge in [0.25, 0.3) is 0 Å². The number of rotatable bonds is 3. The minimum atomic E-state index is -1.03. The average Bonchev–Trinajstić information content (AvgIpc) is 3.10. The van der Waals surface area contributed by atoms with Crippen molar-refractivity contribution in [3.8, 4) is 0 Å². The average molecular weight is 404 g/mol. The molecule has 0 radical (unpaired) electrons. The lowest BCUT2D eigenvalue weighted by Crippen LogP contribution is -2.62. The molecule has 0 unspecified atom stereocenters. The molecule has 28 heavy (non-hydrogen) atoms. The summed E-state index contributed by atoms with van der Waals surface area (Å²) in [7, 11) is 1.54. The normalized spacial score (nSPS) is 52.3. The SMILES string of the molecule is CO[C@H]1O[C@H](C)[C@@H]2OC(C)(C)O[C@@H]2[C@@H]1O[C@H]1O[C@H](C)[C@@H]2OC(C)(C)O[C@@H]2[C@@H]1O. The van der Waals surface area contributed by atoms with Crippen LogP contribution in [0.3, 0.4) is 0 Å². The highest BCUT2D eigenvalue weighted by Gasteiger charge is 2.58. The zero-order valence-electron chi connectivity index (χ0n) is 17.5. The number of ether oxygens (including phenoxy) is 8. The lowest BCUT2D eigenvalue weighted by atomic mass is 9.98. The topological polar surface area (TPSA) is 94.1 Å².